The van der Waals surface area contributed by atoms with Gasteiger partial charge >= 0.3 is 0 Å². The Morgan fingerprint density at radius 2 is 1.95 bits per heavy atom. The molecule has 1 amide bonds. The van der Waals surface area contributed by atoms with Crippen molar-refractivity contribution in [3.63, 3.8) is 0 Å². The summed E-state index contributed by atoms with van der Waals surface area (Å²) in [7, 11) is 0. The molecule has 0 spiro atoms. The maximum Gasteiger partial charge on any atom is 0.281 e. The number of furan rings is 1. The number of benzene rings is 1. The van der Waals surface area contributed by atoms with E-state index in [1.807, 2.05) is 49.4 Å². The number of thiocarbonyl (C=S) groups is 1. The highest BCUT2D eigenvalue weighted by atomic mass is 32.1. The predicted octanol–water partition coefficient (Wildman–Crippen LogP) is 2.85. The molecule has 1 aliphatic rings. The SMILES string of the molecule is Cc1ccc(C=C2NC(=S)N(c3ccccc3)C2=O)o1. The summed E-state index contributed by atoms with van der Waals surface area (Å²) in [6.45, 7) is 1.85. The smallest absolute Gasteiger partial charge is 0.281 e. The Bertz CT molecular complexity index is 704. The minimum absolute atomic E-state index is 0.185. The van der Waals surface area contributed by atoms with Crippen LogP contribution in [0.25, 0.3) is 6.08 Å². The van der Waals surface area contributed by atoms with Crippen molar-refractivity contribution in [1.82, 2.24) is 5.32 Å². The van der Waals surface area contributed by atoms with Crippen molar-refractivity contribution in [3.8, 4) is 0 Å². The Hall–Kier alpha value is -2.40. The van der Waals surface area contributed by atoms with E-state index in [2.05, 4.69) is 5.32 Å². The van der Waals surface area contributed by atoms with E-state index in [1.54, 1.807) is 6.08 Å². The topological polar surface area (TPSA) is 45.5 Å². The molecular weight excluding hydrogens is 272 g/mol. The fourth-order valence-electron chi connectivity index (χ4n) is 2.02. The van der Waals surface area contributed by atoms with Gasteiger partial charge in [0.25, 0.3) is 5.91 Å². The van der Waals surface area contributed by atoms with Crippen LogP contribution in [0.2, 0.25) is 0 Å². The first-order chi connectivity index (χ1) is 9.65. The summed E-state index contributed by atoms with van der Waals surface area (Å²) in [4.78, 5) is 13.9. The number of hydrogen-bond acceptors (Lipinski definition) is 3. The zero-order valence-corrected chi connectivity index (χ0v) is 11.6. The number of carbonyl (C=O) groups is 1. The van der Waals surface area contributed by atoms with E-state index in [1.165, 1.54) is 4.90 Å². The van der Waals surface area contributed by atoms with Crippen molar-refractivity contribution in [3.05, 3.63) is 59.7 Å². The molecule has 5 heteroatoms. The van der Waals surface area contributed by atoms with Gasteiger partial charge in [-0.3, -0.25) is 9.69 Å². The third kappa shape index (κ3) is 2.23. The van der Waals surface area contributed by atoms with E-state index in [0.717, 1.165) is 11.4 Å². The Kier molecular flexibility index (Phi) is 3.12. The number of nitrogens with one attached hydrogen (secondary N) is 1. The molecule has 1 aliphatic heterocycles. The van der Waals surface area contributed by atoms with Crippen molar-refractivity contribution in [2.24, 2.45) is 0 Å². The summed E-state index contributed by atoms with van der Waals surface area (Å²) in [6.07, 6.45) is 1.66. The van der Waals surface area contributed by atoms with Gasteiger partial charge in [-0.15, -0.1) is 0 Å². The second-order valence-corrected chi connectivity index (χ2v) is 4.80. The highest BCUT2D eigenvalue weighted by Gasteiger charge is 2.31. The number of carbonyl (C=O) groups excluding carboxylic acids is 1. The number of rotatable bonds is 2. The molecule has 0 unspecified atom stereocenters. The zero-order valence-electron chi connectivity index (χ0n) is 10.8. The monoisotopic (exact) mass is 284 g/mol. The number of anilines is 1. The summed E-state index contributed by atoms with van der Waals surface area (Å²) < 4.78 is 5.44. The Morgan fingerprint density at radius 3 is 2.60 bits per heavy atom. The molecule has 0 radical (unpaired) electrons. The van der Waals surface area contributed by atoms with Gasteiger partial charge in [0.2, 0.25) is 0 Å². The molecule has 0 bridgehead atoms. The average Bonchev–Trinajstić information content (AvgIpc) is 2.96. The third-order valence-electron chi connectivity index (χ3n) is 2.94. The number of nitrogens with zero attached hydrogens (tertiary/aromatic N) is 1. The normalized spacial score (nSPS) is 16.9. The van der Waals surface area contributed by atoms with Crippen molar-refractivity contribution < 1.29 is 9.21 Å². The Labute approximate surface area is 121 Å². The van der Waals surface area contributed by atoms with Crippen LogP contribution in [0.3, 0.4) is 0 Å². The minimum atomic E-state index is -0.185. The quantitative estimate of drug-likeness (QED) is 0.680. The van der Waals surface area contributed by atoms with Crippen LogP contribution in [0.4, 0.5) is 5.69 Å². The van der Waals surface area contributed by atoms with Gasteiger partial charge < -0.3 is 9.73 Å². The van der Waals surface area contributed by atoms with Gasteiger partial charge in [0.15, 0.2) is 5.11 Å². The van der Waals surface area contributed by atoms with Crippen molar-refractivity contribution >= 4 is 35.0 Å². The fraction of sp³-hybridized carbons (Fsp3) is 0.0667. The second-order valence-electron chi connectivity index (χ2n) is 4.41. The van der Waals surface area contributed by atoms with E-state index in [9.17, 15) is 4.79 Å². The van der Waals surface area contributed by atoms with Crippen LogP contribution in [-0.4, -0.2) is 11.0 Å². The second kappa shape index (κ2) is 4.94. The molecule has 20 heavy (non-hydrogen) atoms. The van der Waals surface area contributed by atoms with Crippen LogP contribution in [0.5, 0.6) is 0 Å². The molecule has 0 aliphatic carbocycles. The predicted molar refractivity (Wildman–Crippen MR) is 81.1 cm³/mol. The van der Waals surface area contributed by atoms with E-state index in [4.69, 9.17) is 16.6 Å². The summed E-state index contributed by atoms with van der Waals surface area (Å²) in [6, 6.07) is 13.0. The third-order valence-corrected chi connectivity index (χ3v) is 3.22. The van der Waals surface area contributed by atoms with E-state index in [0.29, 0.717) is 16.6 Å². The largest absolute Gasteiger partial charge is 0.462 e. The lowest BCUT2D eigenvalue weighted by molar-refractivity contribution is -0.113. The molecule has 1 N–H and O–H groups in total. The average molecular weight is 284 g/mol. The first kappa shape index (κ1) is 12.6. The van der Waals surface area contributed by atoms with Crippen LogP contribution >= 0.6 is 12.2 Å². The van der Waals surface area contributed by atoms with Gasteiger partial charge in [0.05, 0.1) is 5.69 Å². The summed E-state index contributed by atoms with van der Waals surface area (Å²) in [5.41, 5.74) is 1.15. The standard InChI is InChI=1S/C15H12N2O2S/c1-10-7-8-12(19-10)9-13-14(18)17(15(20)16-13)11-5-3-2-4-6-11/h2-9H,1H3,(H,16,20). The minimum Gasteiger partial charge on any atom is -0.462 e. The number of para-hydroxylation sites is 1. The zero-order chi connectivity index (χ0) is 14.1. The van der Waals surface area contributed by atoms with Crippen LogP contribution in [0.15, 0.2) is 52.6 Å². The molecule has 3 rings (SSSR count). The molecule has 1 aromatic carbocycles. The van der Waals surface area contributed by atoms with E-state index < -0.39 is 0 Å². The van der Waals surface area contributed by atoms with Gasteiger partial charge in [0.1, 0.15) is 17.2 Å². The van der Waals surface area contributed by atoms with Crippen LogP contribution in [0.1, 0.15) is 11.5 Å². The van der Waals surface area contributed by atoms with E-state index >= 15 is 0 Å². The van der Waals surface area contributed by atoms with Crippen molar-refractivity contribution in [2.45, 2.75) is 6.92 Å². The molecule has 1 saturated heterocycles. The molecule has 0 saturated carbocycles. The van der Waals surface area contributed by atoms with Gasteiger partial charge in [-0.05, 0) is 43.4 Å². The Morgan fingerprint density at radius 1 is 1.20 bits per heavy atom. The first-order valence-corrected chi connectivity index (χ1v) is 6.54. The molecule has 1 fully saturated rings. The lowest BCUT2D eigenvalue weighted by atomic mass is 10.3. The first-order valence-electron chi connectivity index (χ1n) is 6.14. The molecule has 100 valence electrons. The number of hydrogen-bond donors (Lipinski definition) is 1. The Balaban J connectivity index is 1.93. The molecule has 4 nitrogen and oxygen atoms in total. The maximum absolute atomic E-state index is 12.4. The molecular formula is C15H12N2O2S. The summed E-state index contributed by atoms with van der Waals surface area (Å²) >= 11 is 5.22. The molecule has 2 heterocycles. The maximum atomic E-state index is 12.4. The van der Waals surface area contributed by atoms with Gasteiger partial charge in [-0.2, -0.15) is 0 Å². The van der Waals surface area contributed by atoms with Gasteiger partial charge in [-0.25, -0.2) is 0 Å². The van der Waals surface area contributed by atoms with Crippen LogP contribution in [0, 0.1) is 6.92 Å². The van der Waals surface area contributed by atoms with E-state index in [-0.39, 0.29) is 5.91 Å². The van der Waals surface area contributed by atoms with Crippen molar-refractivity contribution in [2.75, 3.05) is 4.90 Å². The summed E-state index contributed by atoms with van der Waals surface area (Å²) in [5.74, 6) is 1.23. The highest BCUT2D eigenvalue weighted by Crippen LogP contribution is 2.22. The van der Waals surface area contributed by atoms with Crippen molar-refractivity contribution in [1.29, 1.82) is 0 Å². The summed E-state index contributed by atoms with van der Waals surface area (Å²) in [5, 5.41) is 3.29. The highest BCUT2D eigenvalue weighted by molar-refractivity contribution is 7.80. The number of amides is 1. The lowest BCUT2D eigenvalue weighted by Crippen LogP contribution is -2.30. The van der Waals surface area contributed by atoms with Gasteiger partial charge in [-0.1, -0.05) is 18.2 Å². The molecule has 0 atom stereocenters. The lowest BCUT2D eigenvalue weighted by Gasteiger charge is -2.13. The van der Waals surface area contributed by atoms with Crippen LogP contribution in [-0.2, 0) is 4.79 Å². The molecule has 2 aromatic rings. The van der Waals surface area contributed by atoms with Crippen LogP contribution < -0.4 is 10.2 Å². The number of aryl methyl sites for hydroxylation is 1. The fourth-order valence-corrected chi connectivity index (χ4v) is 2.32. The van der Waals surface area contributed by atoms with Gasteiger partial charge in [0, 0.05) is 6.08 Å². The molecule has 1 aromatic heterocycles.